The molecule has 1 heterocycles. The molecule has 0 aliphatic heterocycles. The van der Waals surface area contributed by atoms with Gasteiger partial charge in [-0.2, -0.15) is 8.78 Å². The van der Waals surface area contributed by atoms with Gasteiger partial charge in [0.15, 0.2) is 0 Å². The third-order valence-electron chi connectivity index (χ3n) is 2.62. The normalized spacial score (nSPS) is 11.2. The number of hydrogen-bond donors (Lipinski definition) is 0. The molecule has 0 saturated heterocycles. The fraction of sp³-hybridized carbons (Fsp3) is 0.364. The lowest BCUT2D eigenvalue weighted by atomic mass is 10.2. The van der Waals surface area contributed by atoms with Crippen molar-refractivity contribution >= 4 is 16.6 Å². The number of nitrogens with zero attached hydrogens (tertiary/aromatic N) is 3. The van der Waals surface area contributed by atoms with Crippen LogP contribution in [0.5, 0.6) is 5.88 Å². The Kier molecular flexibility index (Phi) is 4.08. The van der Waals surface area contributed by atoms with Gasteiger partial charge in [-0.05, 0) is 6.07 Å². The molecule has 0 spiro atoms. The van der Waals surface area contributed by atoms with E-state index in [0.29, 0.717) is 18.7 Å². The molecule has 1 aromatic heterocycles. The standard InChI is InChI=1S/C11H11F2N3O4/c1-19-5-4-15-9-3-2-7(16(17)18)6-8(9)10(14-15)20-11(12)13/h2-3,6,11H,4-5H2,1H3. The minimum Gasteiger partial charge on any atom is -0.415 e. The maximum atomic E-state index is 12.3. The maximum absolute atomic E-state index is 12.3. The van der Waals surface area contributed by atoms with Gasteiger partial charge in [0.2, 0.25) is 5.88 Å². The molecule has 0 N–H and O–H groups in total. The smallest absolute Gasteiger partial charge is 0.388 e. The van der Waals surface area contributed by atoms with Gasteiger partial charge in [-0.1, -0.05) is 0 Å². The zero-order valence-electron chi connectivity index (χ0n) is 10.5. The Balaban J connectivity index is 2.51. The molecule has 0 unspecified atom stereocenters. The van der Waals surface area contributed by atoms with E-state index in [1.54, 1.807) is 0 Å². The van der Waals surface area contributed by atoms with Gasteiger partial charge in [-0.25, -0.2) is 0 Å². The van der Waals surface area contributed by atoms with Crippen LogP contribution >= 0.6 is 0 Å². The zero-order chi connectivity index (χ0) is 14.7. The van der Waals surface area contributed by atoms with E-state index in [9.17, 15) is 18.9 Å². The highest BCUT2D eigenvalue weighted by Gasteiger charge is 2.18. The fourth-order valence-corrected chi connectivity index (χ4v) is 1.77. The van der Waals surface area contributed by atoms with E-state index in [2.05, 4.69) is 9.84 Å². The summed E-state index contributed by atoms with van der Waals surface area (Å²) < 4.78 is 35.3. The van der Waals surface area contributed by atoms with Crippen LogP contribution in [0.1, 0.15) is 0 Å². The molecule has 108 valence electrons. The van der Waals surface area contributed by atoms with Crippen LogP contribution in [0.2, 0.25) is 0 Å². The van der Waals surface area contributed by atoms with Crippen molar-refractivity contribution in [2.45, 2.75) is 13.2 Å². The predicted molar refractivity (Wildman–Crippen MR) is 64.9 cm³/mol. The Labute approximate surface area is 111 Å². The largest absolute Gasteiger partial charge is 0.415 e. The van der Waals surface area contributed by atoms with Crippen molar-refractivity contribution in [3.8, 4) is 5.88 Å². The van der Waals surface area contributed by atoms with Crippen molar-refractivity contribution in [1.29, 1.82) is 0 Å². The number of hydrogen-bond acceptors (Lipinski definition) is 5. The van der Waals surface area contributed by atoms with Crippen molar-refractivity contribution in [1.82, 2.24) is 9.78 Å². The summed E-state index contributed by atoms with van der Waals surface area (Å²) >= 11 is 0. The lowest BCUT2D eigenvalue weighted by molar-refractivity contribution is -0.384. The lowest BCUT2D eigenvalue weighted by Gasteiger charge is -2.01. The van der Waals surface area contributed by atoms with Crippen LogP contribution in [0, 0.1) is 10.1 Å². The number of nitro benzene ring substituents is 1. The van der Waals surface area contributed by atoms with E-state index < -0.39 is 11.5 Å². The van der Waals surface area contributed by atoms with Crippen LogP contribution in [0.3, 0.4) is 0 Å². The summed E-state index contributed by atoms with van der Waals surface area (Å²) in [4.78, 5) is 10.1. The third-order valence-corrected chi connectivity index (χ3v) is 2.62. The average Bonchev–Trinajstić information content (AvgIpc) is 2.73. The number of nitro groups is 1. The fourth-order valence-electron chi connectivity index (χ4n) is 1.77. The number of ether oxygens (including phenoxy) is 2. The van der Waals surface area contributed by atoms with Gasteiger partial charge in [0.25, 0.3) is 5.69 Å². The van der Waals surface area contributed by atoms with E-state index in [1.165, 1.54) is 23.9 Å². The van der Waals surface area contributed by atoms with Crippen molar-refractivity contribution in [3.63, 3.8) is 0 Å². The zero-order valence-corrected chi connectivity index (χ0v) is 10.5. The quantitative estimate of drug-likeness (QED) is 0.601. The minimum atomic E-state index is -3.05. The van der Waals surface area contributed by atoms with Gasteiger partial charge < -0.3 is 9.47 Å². The van der Waals surface area contributed by atoms with Gasteiger partial charge in [-0.3, -0.25) is 14.8 Å². The molecule has 0 saturated carbocycles. The molecule has 0 aliphatic carbocycles. The second-order valence-corrected chi connectivity index (χ2v) is 3.86. The summed E-state index contributed by atoms with van der Waals surface area (Å²) in [6.07, 6.45) is 0. The molecule has 2 aromatic rings. The van der Waals surface area contributed by atoms with E-state index >= 15 is 0 Å². The molecule has 0 atom stereocenters. The third kappa shape index (κ3) is 2.82. The Morgan fingerprint density at radius 1 is 1.50 bits per heavy atom. The van der Waals surface area contributed by atoms with Crippen molar-refractivity contribution < 1.29 is 23.2 Å². The Morgan fingerprint density at radius 3 is 2.85 bits per heavy atom. The van der Waals surface area contributed by atoms with Crippen molar-refractivity contribution in [3.05, 3.63) is 28.3 Å². The Bertz CT molecular complexity index is 629. The molecule has 0 aliphatic rings. The van der Waals surface area contributed by atoms with Crippen LogP contribution < -0.4 is 4.74 Å². The molecular formula is C11H11F2N3O4. The highest BCUT2D eigenvalue weighted by atomic mass is 19.3. The molecule has 7 nitrogen and oxygen atoms in total. The Morgan fingerprint density at radius 2 is 2.25 bits per heavy atom. The minimum absolute atomic E-state index is 0.163. The summed E-state index contributed by atoms with van der Waals surface area (Å²) in [5.74, 6) is -0.338. The number of non-ortho nitro benzene ring substituents is 1. The first-order chi connectivity index (χ1) is 9.52. The number of methoxy groups -OCH3 is 1. The number of alkyl halides is 2. The molecule has 1 aromatic carbocycles. The second-order valence-electron chi connectivity index (χ2n) is 3.86. The molecular weight excluding hydrogens is 276 g/mol. The second kappa shape index (κ2) is 5.78. The molecule has 0 fully saturated rings. The molecule has 20 heavy (non-hydrogen) atoms. The highest BCUT2D eigenvalue weighted by molar-refractivity contribution is 5.86. The molecule has 0 amide bonds. The van der Waals surface area contributed by atoms with Crippen LogP contribution in [0.25, 0.3) is 10.9 Å². The van der Waals surface area contributed by atoms with E-state index in [-0.39, 0.29) is 17.0 Å². The number of halogens is 2. The number of rotatable bonds is 6. The first-order valence-corrected chi connectivity index (χ1v) is 5.61. The van der Waals surface area contributed by atoms with Crippen molar-refractivity contribution in [2.75, 3.05) is 13.7 Å². The maximum Gasteiger partial charge on any atom is 0.388 e. The first-order valence-electron chi connectivity index (χ1n) is 5.61. The van der Waals surface area contributed by atoms with Gasteiger partial charge in [0.1, 0.15) is 0 Å². The summed E-state index contributed by atoms with van der Waals surface area (Å²) in [6, 6.07) is 3.87. The van der Waals surface area contributed by atoms with Gasteiger partial charge in [0, 0.05) is 19.2 Å². The topological polar surface area (TPSA) is 79.4 Å². The Hall–Kier alpha value is -2.29. The van der Waals surface area contributed by atoms with E-state index in [1.807, 2.05) is 0 Å². The summed E-state index contributed by atoms with van der Waals surface area (Å²) in [7, 11) is 1.49. The van der Waals surface area contributed by atoms with Crippen molar-refractivity contribution in [2.24, 2.45) is 0 Å². The van der Waals surface area contributed by atoms with E-state index in [0.717, 1.165) is 6.07 Å². The van der Waals surface area contributed by atoms with Gasteiger partial charge in [-0.15, -0.1) is 5.10 Å². The first kappa shape index (κ1) is 14.1. The summed E-state index contributed by atoms with van der Waals surface area (Å²) in [5.41, 5.74) is 0.242. The molecule has 2 rings (SSSR count). The highest BCUT2D eigenvalue weighted by Crippen LogP contribution is 2.29. The van der Waals surface area contributed by atoms with Gasteiger partial charge in [0.05, 0.1) is 29.0 Å². The van der Waals surface area contributed by atoms with Gasteiger partial charge >= 0.3 is 6.61 Å². The lowest BCUT2D eigenvalue weighted by Crippen LogP contribution is -2.07. The molecule has 9 heteroatoms. The SMILES string of the molecule is COCCn1nc(OC(F)F)c2cc([N+](=O)[O-])ccc21. The average molecular weight is 287 g/mol. The van der Waals surface area contributed by atoms with E-state index in [4.69, 9.17) is 4.74 Å². The predicted octanol–water partition coefficient (Wildman–Crippen LogP) is 2.19. The molecule has 0 radical (unpaired) electrons. The number of aromatic nitrogens is 2. The summed E-state index contributed by atoms with van der Waals surface area (Å²) in [5, 5.41) is 14.8. The van der Waals surface area contributed by atoms with Crippen LogP contribution in [0.4, 0.5) is 14.5 Å². The van der Waals surface area contributed by atoms with Crippen LogP contribution in [-0.4, -0.2) is 35.0 Å². The molecule has 0 bridgehead atoms. The monoisotopic (exact) mass is 287 g/mol. The van der Waals surface area contributed by atoms with Crippen LogP contribution in [0.15, 0.2) is 18.2 Å². The number of fused-ring (bicyclic) bond motifs is 1. The summed E-state index contributed by atoms with van der Waals surface area (Å²) in [6.45, 7) is -2.41. The van der Waals surface area contributed by atoms with Crippen LogP contribution in [-0.2, 0) is 11.3 Å². The number of benzene rings is 1.